The van der Waals surface area contributed by atoms with Gasteiger partial charge in [0.1, 0.15) is 5.75 Å². The highest BCUT2D eigenvalue weighted by Gasteiger charge is 2.19. The van der Waals surface area contributed by atoms with E-state index < -0.39 is 0 Å². The van der Waals surface area contributed by atoms with Gasteiger partial charge in [-0.2, -0.15) is 0 Å². The summed E-state index contributed by atoms with van der Waals surface area (Å²) in [4.78, 5) is 4.23. The Balaban J connectivity index is 2.13. The van der Waals surface area contributed by atoms with Gasteiger partial charge in [-0.15, -0.1) is 0 Å². The van der Waals surface area contributed by atoms with Crippen LogP contribution in [0.25, 0.3) is 10.9 Å². The molecule has 0 bridgehead atoms. The number of nitrogens with zero attached hydrogens (tertiary/aromatic N) is 1. The standard InChI is InChI=1S/C13H14N2O/c16-13-8-12-9(3-1-5-15-12)7-10(13)11-4-2-6-14-11/h1,3,5,7-8,11,14,16H,2,4,6H2/t11-/m1/s1. The van der Waals surface area contributed by atoms with E-state index in [-0.39, 0.29) is 0 Å². The molecule has 0 saturated carbocycles. The monoisotopic (exact) mass is 214 g/mol. The van der Waals surface area contributed by atoms with E-state index in [0.717, 1.165) is 29.4 Å². The summed E-state index contributed by atoms with van der Waals surface area (Å²) >= 11 is 0. The van der Waals surface area contributed by atoms with Crippen molar-refractivity contribution in [3.05, 3.63) is 36.0 Å². The van der Waals surface area contributed by atoms with Crippen LogP contribution in [0.3, 0.4) is 0 Å². The molecular formula is C13H14N2O. The van der Waals surface area contributed by atoms with Gasteiger partial charge >= 0.3 is 0 Å². The van der Waals surface area contributed by atoms with E-state index in [2.05, 4.69) is 10.3 Å². The molecule has 0 spiro atoms. The van der Waals surface area contributed by atoms with Crippen LogP contribution in [-0.2, 0) is 0 Å². The van der Waals surface area contributed by atoms with Gasteiger partial charge in [-0.3, -0.25) is 4.98 Å². The van der Waals surface area contributed by atoms with Gasteiger partial charge in [0, 0.05) is 29.3 Å². The molecule has 1 saturated heterocycles. The van der Waals surface area contributed by atoms with Gasteiger partial charge in [0.2, 0.25) is 0 Å². The first kappa shape index (κ1) is 9.60. The average molecular weight is 214 g/mol. The van der Waals surface area contributed by atoms with E-state index in [4.69, 9.17) is 0 Å². The Bertz CT molecular complexity index is 518. The normalized spacial score (nSPS) is 20.4. The van der Waals surface area contributed by atoms with Crippen LogP contribution in [0, 0.1) is 0 Å². The highest BCUT2D eigenvalue weighted by molar-refractivity contribution is 5.81. The third kappa shape index (κ3) is 1.53. The van der Waals surface area contributed by atoms with Gasteiger partial charge in [0.25, 0.3) is 0 Å². The fraction of sp³-hybridized carbons (Fsp3) is 0.308. The van der Waals surface area contributed by atoms with E-state index in [1.807, 2.05) is 18.2 Å². The number of nitrogens with one attached hydrogen (secondary N) is 1. The summed E-state index contributed by atoms with van der Waals surface area (Å²) in [5.41, 5.74) is 1.85. The summed E-state index contributed by atoms with van der Waals surface area (Å²) in [7, 11) is 0. The number of benzene rings is 1. The number of phenolic OH excluding ortho intramolecular Hbond substituents is 1. The summed E-state index contributed by atoms with van der Waals surface area (Å²) < 4.78 is 0. The molecule has 1 aliphatic rings. The third-order valence-electron chi connectivity index (χ3n) is 3.19. The maximum absolute atomic E-state index is 9.99. The van der Waals surface area contributed by atoms with E-state index >= 15 is 0 Å². The molecule has 0 unspecified atom stereocenters. The molecule has 2 N–H and O–H groups in total. The van der Waals surface area contributed by atoms with Crippen LogP contribution < -0.4 is 5.32 Å². The van der Waals surface area contributed by atoms with Crippen molar-refractivity contribution in [2.45, 2.75) is 18.9 Å². The predicted molar refractivity (Wildman–Crippen MR) is 63.4 cm³/mol. The Morgan fingerprint density at radius 1 is 1.38 bits per heavy atom. The molecule has 3 rings (SSSR count). The number of rotatable bonds is 1. The fourth-order valence-electron chi connectivity index (χ4n) is 2.36. The molecule has 16 heavy (non-hydrogen) atoms. The minimum Gasteiger partial charge on any atom is -0.508 e. The molecule has 1 aromatic heterocycles. The van der Waals surface area contributed by atoms with Crippen molar-refractivity contribution in [2.75, 3.05) is 6.54 Å². The third-order valence-corrected chi connectivity index (χ3v) is 3.19. The maximum Gasteiger partial charge on any atom is 0.122 e. The van der Waals surface area contributed by atoms with Crippen LogP contribution in [0.1, 0.15) is 24.4 Å². The van der Waals surface area contributed by atoms with E-state index in [1.54, 1.807) is 12.3 Å². The number of aromatic hydroxyl groups is 1. The lowest BCUT2D eigenvalue weighted by Crippen LogP contribution is -2.12. The fourth-order valence-corrected chi connectivity index (χ4v) is 2.36. The molecule has 0 amide bonds. The number of phenols is 1. The second-order valence-electron chi connectivity index (χ2n) is 4.26. The van der Waals surface area contributed by atoms with Crippen molar-refractivity contribution in [3.63, 3.8) is 0 Å². The highest BCUT2D eigenvalue weighted by atomic mass is 16.3. The number of pyridine rings is 1. The summed E-state index contributed by atoms with van der Waals surface area (Å²) in [5.74, 6) is 0.352. The number of aromatic nitrogens is 1. The van der Waals surface area contributed by atoms with Crippen LogP contribution >= 0.6 is 0 Å². The van der Waals surface area contributed by atoms with Gasteiger partial charge < -0.3 is 10.4 Å². The molecule has 1 aromatic carbocycles. The van der Waals surface area contributed by atoms with Crippen LogP contribution in [-0.4, -0.2) is 16.6 Å². The predicted octanol–water partition coefficient (Wildman–Crippen LogP) is 2.36. The van der Waals surface area contributed by atoms with Gasteiger partial charge in [0.05, 0.1) is 5.52 Å². The minimum absolute atomic E-state index is 0.296. The van der Waals surface area contributed by atoms with Crippen molar-refractivity contribution < 1.29 is 5.11 Å². The molecular weight excluding hydrogens is 200 g/mol. The lowest BCUT2D eigenvalue weighted by atomic mass is 10.0. The smallest absolute Gasteiger partial charge is 0.122 e. The van der Waals surface area contributed by atoms with Crippen LogP contribution in [0.5, 0.6) is 5.75 Å². The van der Waals surface area contributed by atoms with Crippen molar-refractivity contribution in [2.24, 2.45) is 0 Å². The largest absolute Gasteiger partial charge is 0.508 e. The summed E-state index contributed by atoms with van der Waals surface area (Å²) in [6.07, 6.45) is 4.02. The number of fused-ring (bicyclic) bond motifs is 1. The van der Waals surface area contributed by atoms with Crippen LogP contribution in [0.15, 0.2) is 30.5 Å². The molecule has 0 radical (unpaired) electrons. The molecule has 1 fully saturated rings. The van der Waals surface area contributed by atoms with Gasteiger partial charge in [-0.25, -0.2) is 0 Å². The molecule has 3 heteroatoms. The van der Waals surface area contributed by atoms with Crippen molar-refractivity contribution >= 4 is 10.9 Å². The molecule has 2 heterocycles. The molecule has 3 nitrogen and oxygen atoms in total. The Morgan fingerprint density at radius 2 is 2.31 bits per heavy atom. The Kier molecular flexibility index (Phi) is 2.26. The highest BCUT2D eigenvalue weighted by Crippen LogP contribution is 2.32. The Hall–Kier alpha value is -1.61. The van der Waals surface area contributed by atoms with Crippen LogP contribution in [0.2, 0.25) is 0 Å². The Morgan fingerprint density at radius 3 is 3.12 bits per heavy atom. The quantitative estimate of drug-likeness (QED) is 0.766. The second kappa shape index (κ2) is 3.76. The maximum atomic E-state index is 9.99. The summed E-state index contributed by atoms with van der Waals surface area (Å²) in [5, 5.41) is 14.5. The average Bonchev–Trinajstić information content (AvgIpc) is 2.81. The molecule has 1 atom stereocenters. The lowest BCUT2D eigenvalue weighted by molar-refractivity contribution is 0.458. The topological polar surface area (TPSA) is 45.2 Å². The lowest BCUT2D eigenvalue weighted by Gasteiger charge is -2.13. The first-order valence-electron chi connectivity index (χ1n) is 5.65. The molecule has 0 aliphatic carbocycles. The number of hydrogen-bond donors (Lipinski definition) is 2. The number of hydrogen-bond acceptors (Lipinski definition) is 3. The van der Waals surface area contributed by atoms with E-state index in [0.29, 0.717) is 11.8 Å². The van der Waals surface area contributed by atoms with Crippen LogP contribution in [0.4, 0.5) is 0 Å². The van der Waals surface area contributed by atoms with Gasteiger partial charge in [-0.05, 0) is 31.5 Å². The van der Waals surface area contributed by atoms with E-state index in [9.17, 15) is 5.11 Å². The van der Waals surface area contributed by atoms with Gasteiger partial charge in [0.15, 0.2) is 0 Å². The zero-order valence-corrected chi connectivity index (χ0v) is 8.98. The molecule has 2 aromatic rings. The van der Waals surface area contributed by atoms with E-state index in [1.165, 1.54) is 6.42 Å². The first-order valence-corrected chi connectivity index (χ1v) is 5.65. The summed E-state index contributed by atoms with van der Waals surface area (Å²) in [6.45, 7) is 1.04. The second-order valence-corrected chi connectivity index (χ2v) is 4.26. The molecule has 82 valence electrons. The SMILES string of the molecule is Oc1cc2ncccc2cc1[C@H]1CCCN1. The zero-order chi connectivity index (χ0) is 11.0. The first-order chi connectivity index (χ1) is 7.84. The zero-order valence-electron chi connectivity index (χ0n) is 8.98. The summed E-state index contributed by atoms with van der Waals surface area (Å²) in [6, 6.07) is 8.04. The van der Waals surface area contributed by atoms with Gasteiger partial charge in [-0.1, -0.05) is 6.07 Å². The van der Waals surface area contributed by atoms with Crippen molar-refractivity contribution in [1.82, 2.24) is 10.3 Å². The molecule has 1 aliphatic heterocycles. The van der Waals surface area contributed by atoms with Crippen molar-refractivity contribution in [1.29, 1.82) is 0 Å². The van der Waals surface area contributed by atoms with Crippen molar-refractivity contribution in [3.8, 4) is 5.75 Å². The minimum atomic E-state index is 0.296. The Labute approximate surface area is 94.1 Å².